The van der Waals surface area contributed by atoms with Gasteiger partial charge in [0.15, 0.2) is 11.7 Å². The number of pyridine rings is 1. The Kier molecular flexibility index (Phi) is 6.49. The molecule has 0 saturated heterocycles. The standard InChI is InChI=1S/C19H25BrN6O/c1-4-13(5-2)17-8-16(27-25-17)10-23-19(21-3)22-9-15-12-26-11-14(20)6-7-18(26)24-15/h6-8,11-13H,4-5,9-10H2,1-3H3,(H2,21,22,23). The molecule has 2 N–H and O–H groups in total. The summed E-state index contributed by atoms with van der Waals surface area (Å²) in [6.45, 7) is 5.45. The summed E-state index contributed by atoms with van der Waals surface area (Å²) in [6, 6.07) is 5.98. The zero-order valence-electron chi connectivity index (χ0n) is 15.9. The molecule has 3 aromatic rings. The molecule has 0 spiro atoms. The van der Waals surface area contributed by atoms with Crippen LogP contribution >= 0.6 is 15.9 Å². The van der Waals surface area contributed by atoms with E-state index < -0.39 is 0 Å². The maximum Gasteiger partial charge on any atom is 0.191 e. The Hall–Kier alpha value is -2.35. The Morgan fingerprint density at radius 3 is 2.74 bits per heavy atom. The van der Waals surface area contributed by atoms with E-state index in [0.29, 0.717) is 25.0 Å². The molecule has 0 aliphatic carbocycles. The van der Waals surface area contributed by atoms with Crippen LogP contribution in [-0.4, -0.2) is 27.5 Å². The fourth-order valence-corrected chi connectivity index (χ4v) is 3.33. The highest BCUT2D eigenvalue weighted by molar-refractivity contribution is 9.10. The lowest BCUT2D eigenvalue weighted by molar-refractivity contribution is 0.368. The first-order valence-electron chi connectivity index (χ1n) is 9.16. The van der Waals surface area contributed by atoms with Crippen molar-refractivity contribution >= 4 is 27.5 Å². The molecule has 0 fully saturated rings. The molecule has 0 radical (unpaired) electrons. The number of rotatable bonds is 7. The number of aliphatic imine (C=N–C) groups is 1. The molecule has 3 aromatic heterocycles. The molecular weight excluding hydrogens is 408 g/mol. The van der Waals surface area contributed by atoms with Gasteiger partial charge in [0.05, 0.1) is 24.5 Å². The molecule has 0 unspecified atom stereocenters. The molecule has 0 saturated carbocycles. The molecule has 0 bridgehead atoms. The van der Waals surface area contributed by atoms with Crippen molar-refractivity contribution in [1.82, 2.24) is 25.2 Å². The van der Waals surface area contributed by atoms with Crippen molar-refractivity contribution in [2.24, 2.45) is 4.99 Å². The maximum atomic E-state index is 5.44. The zero-order chi connectivity index (χ0) is 19.2. The summed E-state index contributed by atoms with van der Waals surface area (Å²) in [5.74, 6) is 1.95. The van der Waals surface area contributed by atoms with Gasteiger partial charge < -0.3 is 19.6 Å². The smallest absolute Gasteiger partial charge is 0.191 e. The first-order chi connectivity index (χ1) is 13.1. The fraction of sp³-hybridized carbons (Fsp3) is 0.421. The van der Waals surface area contributed by atoms with Crippen LogP contribution in [0.4, 0.5) is 0 Å². The van der Waals surface area contributed by atoms with E-state index in [-0.39, 0.29) is 0 Å². The highest BCUT2D eigenvalue weighted by atomic mass is 79.9. The first kappa shape index (κ1) is 19.4. The van der Waals surface area contributed by atoms with Crippen LogP contribution in [0.3, 0.4) is 0 Å². The molecule has 0 aliphatic rings. The second kappa shape index (κ2) is 9.03. The number of aromatic nitrogens is 3. The second-order valence-corrected chi connectivity index (χ2v) is 7.27. The van der Waals surface area contributed by atoms with E-state index in [0.717, 1.165) is 40.1 Å². The minimum atomic E-state index is 0.454. The van der Waals surface area contributed by atoms with Gasteiger partial charge in [0.1, 0.15) is 5.65 Å². The van der Waals surface area contributed by atoms with E-state index in [4.69, 9.17) is 4.52 Å². The highest BCUT2D eigenvalue weighted by Gasteiger charge is 2.13. The quantitative estimate of drug-likeness (QED) is 0.437. The summed E-state index contributed by atoms with van der Waals surface area (Å²) in [6.07, 6.45) is 6.11. The van der Waals surface area contributed by atoms with Gasteiger partial charge in [-0.3, -0.25) is 4.99 Å². The van der Waals surface area contributed by atoms with Crippen LogP contribution in [0.5, 0.6) is 0 Å². The van der Waals surface area contributed by atoms with E-state index in [9.17, 15) is 0 Å². The average molecular weight is 433 g/mol. The largest absolute Gasteiger partial charge is 0.359 e. The Morgan fingerprint density at radius 2 is 2.00 bits per heavy atom. The molecule has 0 aliphatic heterocycles. The third kappa shape index (κ3) is 4.88. The van der Waals surface area contributed by atoms with Gasteiger partial charge in [-0.25, -0.2) is 4.98 Å². The SMILES string of the molecule is CCC(CC)c1cc(CNC(=NC)NCc2cn3cc(Br)ccc3n2)on1. The monoisotopic (exact) mass is 432 g/mol. The van der Waals surface area contributed by atoms with Gasteiger partial charge in [0.25, 0.3) is 0 Å². The minimum Gasteiger partial charge on any atom is -0.359 e. The number of guanidine groups is 1. The van der Waals surface area contributed by atoms with Crippen LogP contribution < -0.4 is 10.6 Å². The van der Waals surface area contributed by atoms with Crippen LogP contribution in [-0.2, 0) is 13.1 Å². The number of fused-ring (bicyclic) bond motifs is 1. The van der Waals surface area contributed by atoms with Crippen molar-refractivity contribution < 1.29 is 4.52 Å². The Labute approximate surface area is 167 Å². The summed E-state index contributed by atoms with van der Waals surface area (Å²) in [5.41, 5.74) is 2.87. The molecule has 27 heavy (non-hydrogen) atoms. The minimum absolute atomic E-state index is 0.454. The highest BCUT2D eigenvalue weighted by Crippen LogP contribution is 2.22. The van der Waals surface area contributed by atoms with Gasteiger partial charge in [-0.05, 0) is 40.9 Å². The van der Waals surface area contributed by atoms with Crippen molar-refractivity contribution in [2.75, 3.05) is 7.05 Å². The lowest BCUT2D eigenvalue weighted by Crippen LogP contribution is -2.36. The number of hydrogen-bond acceptors (Lipinski definition) is 4. The number of halogens is 1. The van der Waals surface area contributed by atoms with E-state index in [2.05, 4.69) is 55.5 Å². The normalized spacial score (nSPS) is 12.1. The second-order valence-electron chi connectivity index (χ2n) is 6.36. The number of imidazole rings is 1. The van der Waals surface area contributed by atoms with Crippen LogP contribution in [0.2, 0.25) is 0 Å². The average Bonchev–Trinajstić information content (AvgIpc) is 3.29. The van der Waals surface area contributed by atoms with Crippen molar-refractivity contribution in [1.29, 1.82) is 0 Å². The molecule has 0 atom stereocenters. The molecule has 144 valence electrons. The number of hydrogen-bond donors (Lipinski definition) is 2. The topological polar surface area (TPSA) is 79.8 Å². The first-order valence-corrected chi connectivity index (χ1v) is 9.95. The van der Waals surface area contributed by atoms with Gasteiger partial charge in [-0.2, -0.15) is 0 Å². The lowest BCUT2D eigenvalue weighted by atomic mass is 9.99. The third-order valence-corrected chi connectivity index (χ3v) is 5.01. The molecular formula is C19H25BrN6O. The lowest BCUT2D eigenvalue weighted by Gasteiger charge is -2.09. The molecule has 7 nitrogen and oxygen atoms in total. The van der Waals surface area contributed by atoms with Crippen molar-refractivity contribution in [3.8, 4) is 0 Å². The zero-order valence-corrected chi connectivity index (χ0v) is 17.5. The summed E-state index contributed by atoms with van der Waals surface area (Å²) < 4.78 is 8.45. The van der Waals surface area contributed by atoms with E-state index in [1.54, 1.807) is 7.05 Å². The van der Waals surface area contributed by atoms with E-state index >= 15 is 0 Å². The predicted octanol–water partition coefficient (Wildman–Crippen LogP) is 3.85. The van der Waals surface area contributed by atoms with Gasteiger partial charge in [-0.15, -0.1) is 0 Å². The molecule has 3 rings (SSSR count). The van der Waals surface area contributed by atoms with Crippen LogP contribution in [0.1, 0.15) is 49.8 Å². The maximum absolute atomic E-state index is 5.44. The Balaban J connectivity index is 1.54. The summed E-state index contributed by atoms with van der Waals surface area (Å²) >= 11 is 3.47. The van der Waals surface area contributed by atoms with E-state index in [1.165, 1.54) is 0 Å². The summed E-state index contributed by atoms with van der Waals surface area (Å²) in [5, 5.41) is 10.7. The Bertz CT molecular complexity index is 912. The van der Waals surface area contributed by atoms with Crippen LogP contribution in [0.15, 0.2) is 44.6 Å². The molecule has 0 amide bonds. The fourth-order valence-electron chi connectivity index (χ4n) is 2.98. The third-order valence-electron chi connectivity index (χ3n) is 4.54. The Morgan fingerprint density at radius 1 is 1.22 bits per heavy atom. The van der Waals surface area contributed by atoms with Crippen LogP contribution in [0, 0.1) is 0 Å². The summed E-state index contributed by atoms with van der Waals surface area (Å²) in [7, 11) is 1.74. The van der Waals surface area contributed by atoms with Crippen molar-refractivity contribution in [2.45, 2.75) is 45.7 Å². The van der Waals surface area contributed by atoms with Crippen molar-refractivity contribution in [3.05, 3.63) is 52.2 Å². The molecule has 8 heteroatoms. The molecule has 0 aromatic carbocycles. The van der Waals surface area contributed by atoms with Gasteiger partial charge in [0, 0.05) is 35.9 Å². The number of nitrogens with zero attached hydrogens (tertiary/aromatic N) is 4. The van der Waals surface area contributed by atoms with E-state index in [1.807, 2.05) is 35.0 Å². The van der Waals surface area contributed by atoms with Gasteiger partial charge in [0.2, 0.25) is 0 Å². The predicted molar refractivity (Wildman–Crippen MR) is 110 cm³/mol. The van der Waals surface area contributed by atoms with Crippen molar-refractivity contribution in [3.63, 3.8) is 0 Å². The van der Waals surface area contributed by atoms with Gasteiger partial charge >= 0.3 is 0 Å². The van der Waals surface area contributed by atoms with Gasteiger partial charge in [-0.1, -0.05) is 19.0 Å². The molecule has 3 heterocycles. The van der Waals surface area contributed by atoms with Crippen LogP contribution in [0.25, 0.3) is 5.65 Å². The number of nitrogens with one attached hydrogen (secondary N) is 2. The summed E-state index contributed by atoms with van der Waals surface area (Å²) in [4.78, 5) is 8.84.